The van der Waals surface area contributed by atoms with E-state index in [-0.39, 0.29) is 19.1 Å². The van der Waals surface area contributed by atoms with Crippen LogP contribution in [0.4, 0.5) is 0 Å². The number of benzene rings is 1. The van der Waals surface area contributed by atoms with Crippen LogP contribution in [0.1, 0.15) is 28.0 Å². The summed E-state index contributed by atoms with van der Waals surface area (Å²) in [7, 11) is 1.48. The molecule has 0 saturated carbocycles. The molecule has 138 valence electrons. The first-order valence-electron chi connectivity index (χ1n) is 8.55. The van der Waals surface area contributed by atoms with E-state index in [9.17, 15) is 14.7 Å². The first-order chi connectivity index (χ1) is 12.5. The van der Waals surface area contributed by atoms with Gasteiger partial charge in [0.05, 0.1) is 24.9 Å². The predicted molar refractivity (Wildman–Crippen MR) is 95.0 cm³/mol. The minimum absolute atomic E-state index is 0.0956. The van der Waals surface area contributed by atoms with Crippen LogP contribution in [0.25, 0.3) is 0 Å². The average Bonchev–Trinajstić information content (AvgIpc) is 3.22. The molecule has 26 heavy (non-hydrogen) atoms. The van der Waals surface area contributed by atoms with Crippen molar-refractivity contribution in [1.29, 1.82) is 0 Å². The van der Waals surface area contributed by atoms with Gasteiger partial charge >= 0.3 is 5.97 Å². The van der Waals surface area contributed by atoms with Crippen LogP contribution in [0.15, 0.2) is 36.5 Å². The molecule has 1 aromatic heterocycles. The second-order valence-corrected chi connectivity index (χ2v) is 6.78. The minimum atomic E-state index is -1.03. The van der Waals surface area contributed by atoms with Crippen LogP contribution in [0.2, 0.25) is 0 Å². The summed E-state index contributed by atoms with van der Waals surface area (Å²) in [5.74, 6) is -1.10. The molecule has 2 heterocycles. The Morgan fingerprint density at radius 3 is 2.69 bits per heavy atom. The molecule has 1 saturated heterocycles. The zero-order valence-electron chi connectivity index (χ0n) is 15.0. The Balaban J connectivity index is 1.76. The lowest BCUT2D eigenvalue weighted by Crippen LogP contribution is -2.40. The van der Waals surface area contributed by atoms with Gasteiger partial charge in [0.15, 0.2) is 0 Å². The molecule has 1 atom stereocenters. The number of methoxy groups -OCH3 is 1. The first-order valence-corrected chi connectivity index (χ1v) is 8.55. The number of likely N-dealkylation sites (tertiary alicyclic amines) is 1. The molecular weight excluding hydrogens is 334 g/mol. The highest BCUT2D eigenvalue weighted by atomic mass is 16.5. The van der Waals surface area contributed by atoms with E-state index in [1.54, 1.807) is 15.8 Å². The van der Waals surface area contributed by atoms with Gasteiger partial charge in [-0.3, -0.25) is 14.3 Å². The highest BCUT2D eigenvalue weighted by molar-refractivity contribution is 5.96. The molecule has 2 aromatic rings. The van der Waals surface area contributed by atoms with E-state index in [1.807, 2.05) is 37.3 Å². The second kappa shape index (κ2) is 7.29. The van der Waals surface area contributed by atoms with Crippen molar-refractivity contribution < 1.29 is 19.4 Å². The standard InChI is InChI=1S/C19H23N3O4/c1-14-16(10-20-22(14)11-15-6-4-3-5-7-15)17(23)21-9-8-19(12-21,13-26-2)18(24)25/h3-7,10H,8-9,11-13H2,1-2H3,(H,24,25). The maximum absolute atomic E-state index is 12.9. The lowest BCUT2D eigenvalue weighted by molar-refractivity contribution is -0.151. The number of carbonyl (C=O) groups excluding carboxylic acids is 1. The summed E-state index contributed by atoms with van der Waals surface area (Å²) >= 11 is 0. The molecule has 0 aliphatic carbocycles. The van der Waals surface area contributed by atoms with Gasteiger partial charge < -0.3 is 14.7 Å². The predicted octanol–water partition coefficient (Wildman–Crippen LogP) is 1.80. The number of carboxylic acid groups (broad SMARTS) is 1. The van der Waals surface area contributed by atoms with Gasteiger partial charge in [-0.15, -0.1) is 0 Å². The van der Waals surface area contributed by atoms with E-state index in [4.69, 9.17) is 4.74 Å². The third-order valence-corrected chi connectivity index (χ3v) is 5.02. The topological polar surface area (TPSA) is 84.7 Å². The lowest BCUT2D eigenvalue weighted by Gasteiger charge is -2.23. The number of ether oxygens (including phenoxy) is 1. The molecule has 1 amide bonds. The zero-order chi connectivity index (χ0) is 18.7. The Kier molecular flexibility index (Phi) is 5.08. The highest BCUT2D eigenvalue weighted by Gasteiger charge is 2.46. The van der Waals surface area contributed by atoms with Crippen molar-refractivity contribution in [3.05, 3.63) is 53.3 Å². The van der Waals surface area contributed by atoms with Crippen LogP contribution in [-0.2, 0) is 16.1 Å². The van der Waals surface area contributed by atoms with Crippen molar-refractivity contribution in [3.63, 3.8) is 0 Å². The SMILES string of the molecule is COCC1(C(=O)O)CCN(C(=O)c2cnn(Cc3ccccc3)c2C)C1. The van der Waals surface area contributed by atoms with E-state index < -0.39 is 11.4 Å². The maximum atomic E-state index is 12.9. The molecule has 0 radical (unpaired) electrons. The van der Waals surface area contributed by atoms with Crippen LogP contribution >= 0.6 is 0 Å². The van der Waals surface area contributed by atoms with Crippen molar-refractivity contribution >= 4 is 11.9 Å². The molecule has 1 N–H and O–H groups in total. The van der Waals surface area contributed by atoms with Gasteiger partial charge in [-0.2, -0.15) is 5.10 Å². The molecule has 1 aromatic carbocycles. The van der Waals surface area contributed by atoms with Gasteiger partial charge in [-0.25, -0.2) is 0 Å². The van der Waals surface area contributed by atoms with Crippen molar-refractivity contribution in [3.8, 4) is 0 Å². The molecule has 0 spiro atoms. The summed E-state index contributed by atoms with van der Waals surface area (Å²) in [6, 6.07) is 9.90. The highest BCUT2D eigenvalue weighted by Crippen LogP contribution is 2.32. The third-order valence-electron chi connectivity index (χ3n) is 5.02. The largest absolute Gasteiger partial charge is 0.481 e. The molecule has 3 rings (SSSR count). The number of rotatable bonds is 6. The van der Waals surface area contributed by atoms with Crippen molar-refractivity contribution in [2.45, 2.75) is 19.9 Å². The number of nitrogens with zero attached hydrogens (tertiary/aromatic N) is 3. The quantitative estimate of drug-likeness (QED) is 0.852. The van der Waals surface area contributed by atoms with Gasteiger partial charge in [0, 0.05) is 25.9 Å². The number of hydrogen-bond donors (Lipinski definition) is 1. The van der Waals surface area contributed by atoms with E-state index >= 15 is 0 Å². The lowest BCUT2D eigenvalue weighted by atomic mass is 9.88. The van der Waals surface area contributed by atoms with E-state index in [0.717, 1.165) is 11.3 Å². The van der Waals surface area contributed by atoms with Crippen molar-refractivity contribution in [1.82, 2.24) is 14.7 Å². The van der Waals surface area contributed by atoms with Gasteiger partial charge in [0.1, 0.15) is 5.41 Å². The molecule has 1 fully saturated rings. The Bertz CT molecular complexity index is 802. The molecule has 1 aliphatic rings. The molecular formula is C19H23N3O4. The monoisotopic (exact) mass is 357 g/mol. The Morgan fingerprint density at radius 2 is 2.04 bits per heavy atom. The molecule has 7 heteroatoms. The fraction of sp³-hybridized carbons (Fsp3) is 0.421. The summed E-state index contributed by atoms with van der Waals surface area (Å²) in [6.07, 6.45) is 1.96. The van der Waals surface area contributed by atoms with E-state index in [0.29, 0.717) is 25.1 Å². The van der Waals surface area contributed by atoms with Gasteiger partial charge in [0.25, 0.3) is 5.91 Å². The zero-order valence-corrected chi connectivity index (χ0v) is 15.0. The summed E-state index contributed by atoms with van der Waals surface area (Å²) in [4.78, 5) is 26.1. The number of hydrogen-bond acceptors (Lipinski definition) is 4. The van der Waals surface area contributed by atoms with E-state index in [2.05, 4.69) is 5.10 Å². The third kappa shape index (κ3) is 3.35. The summed E-state index contributed by atoms with van der Waals surface area (Å²) < 4.78 is 6.87. The first kappa shape index (κ1) is 18.1. The summed E-state index contributed by atoms with van der Waals surface area (Å²) in [5, 5.41) is 13.9. The number of carbonyl (C=O) groups is 2. The smallest absolute Gasteiger partial charge is 0.313 e. The van der Waals surface area contributed by atoms with E-state index in [1.165, 1.54) is 7.11 Å². The summed E-state index contributed by atoms with van der Waals surface area (Å²) in [5.41, 5.74) is 1.36. The number of aliphatic carboxylic acids is 1. The van der Waals surface area contributed by atoms with Crippen molar-refractivity contribution in [2.24, 2.45) is 5.41 Å². The molecule has 1 aliphatic heterocycles. The Morgan fingerprint density at radius 1 is 1.31 bits per heavy atom. The minimum Gasteiger partial charge on any atom is -0.481 e. The van der Waals surface area contributed by atoms with Crippen LogP contribution in [0, 0.1) is 12.3 Å². The fourth-order valence-electron chi connectivity index (χ4n) is 3.42. The van der Waals surface area contributed by atoms with Gasteiger partial charge in [-0.1, -0.05) is 30.3 Å². The van der Waals surface area contributed by atoms with Crippen LogP contribution in [0.3, 0.4) is 0 Å². The van der Waals surface area contributed by atoms with Gasteiger partial charge in [0.2, 0.25) is 0 Å². The number of aromatic nitrogens is 2. The normalized spacial score (nSPS) is 19.7. The van der Waals surface area contributed by atoms with Crippen LogP contribution in [-0.4, -0.2) is 58.5 Å². The number of carboxylic acids is 1. The van der Waals surface area contributed by atoms with Gasteiger partial charge in [-0.05, 0) is 18.9 Å². The molecule has 7 nitrogen and oxygen atoms in total. The fourth-order valence-corrected chi connectivity index (χ4v) is 3.42. The maximum Gasteiger partial charge on any atom is 0.313 e. The van der Waals surface area contributed by atoms with Crippen LogP contribution < -0.4 is 0 Å². The Labute approximate surface area is 152 Å². The Hall–Kier alpha value is -2.67. The molecule has 1 unspecified atom stereocenters. The number of amides is 1. The average molecular weight is 357 g/mol. The second-order valence-electron chi connectivity index (χ2n) is 6.78. The van der Waals surface area contributed by atoms with Crippen LogP contribution in [0.5, 0.6) is 0 Å². The summed E-state index contributed by atoms with van der Waals surface area (Å²) in [6.45, 7) is 3.09. The molecule has 0 bridgehead atoms. The van der Waals surface area contributed by atoms with Crippen molar-refractivity contribution in [2.75, 3.05) is 26.8 Å².